The van der Waals surface area contributed by atoms with E-state index in [2.05, 4.69) is 28.9 Å². The van der Waals surface area contributed by atoms with E-state index in [9.17, 15) is 22.8 Å². The number of hydrogen-bond acceptors (Lipinski definition) is 10. The summed E-state index contributed by atoms with van der Waals surface area (Å²) >= 11 is 0. The summed E-state index contributed by atoms with van der Waals surface area (Å²) in [5, 5.41) is 3.86. The molecule has 294 valence electrons. The van der Waals surface area contributed by atoms with Crippen LogP contribution < -0.4 is 24.2 Å². The zero-order chi connectivity index (χ0) is 39.1. The molecule has 2 aliphatic carbocycles. The second-order valence-corrected chi connectivity index (χ2v) is 18.0. The SMILES string of the molecule is COc1ccc2c(O[C@@H]3C[C@H]4C(=O)N[C@]5(C(=O)NS(=O)(=O)C6CC6)C[C@H]5/C=C\CC[C@@H](C)C[C@@H](C)CC(=O)N4C3)nc(-c3ccc(OC(C)C)cn3)cc2c1. The molecular formula is C41H51N5O8S. The van der Waals surface area contributed by atoms with E-state index in [4.69, 9.17) is 19.2 Å². The van der Waals surface area contributed by atoms with Gasteiger partial charge in [-0.15, -0.1) is 0 Å². The maximum Gasteiger partial charge on any atom is 0.259 e. The maximum atomic E-state index is 14.3. The summed E-state index contributed by atoms with van der Waals surface area (Å²) in [5.41, 5.74) is -0.280. The minimum absolute atomic E-state index is 0.00557. The number of benzene rings is 1. The fourth-order valence-electron chi connectivity index (χ4n) is 7.90. The number of carbonyl (C=O) groups excluding carboxylic acids is 3. The molecule has 3 fully saturated rings. The Kier molecular flexibility index (Phi) is 10.8. The van der Waals surface area contributed by atoms with E-state index in [0.29, 0.717) is 52.9 Å². The number of nitrogens with one attached hydrogen (secondary N) is 2. The van der Waals surface area contributed by atoms with Crippen molar-refractivity contribution in [2.24, 2.45) is 17.8 Å². The molecule has 55 heavy (non-hydrogen) atoms. The van der Waals surface area contributed by atoms with Crippen LogP contribution in [0.2, 0.25) is 0 Å². The number of rotatable bonds is 9. The highest BCUT2D eigenvalue weighted by Crippen LogP contribution is 2.46. The molecule has 1 aromatic carbocycles. The lowest BCUT2D eigenvalue weighted by Crippen LogP contribution is -2.56. The quantitative estimate of drug-likeness (QED) is 0.272. The van der Waals surface area contributed by atoms with Crippen LogP contribution in [-0.4, -0.2) is 83.7 Å². The van der Waals surface area contributed by atoms with Crippen LogP contribution >= 0.6 is 0 Å². The highest BCUT2D eigenvalue weighted by atomic mass is 32.2. The number of fused-ring (bicyclic) bond motifs is 3. The van der Waals surface area contributed by atoms with Gasteiger partial charge in [-0.2, -0.15) is 0 Å². The number of carbonyl (C=O) groups is 3. The molecule has 2 saturated carbocycles. The third-order valence-corrected chi connectivity index (χ3v) is 12.8. The third kappa shape index (κ3) is 8.58. The summed E-state index contributed by atoms with van der Waals surface area (Å²) in [6.45, 7) is 8.24. The van der Waals surface area contributed by atoms with Gasteiger partial charge in [-0.05, 0) is 106 Å². The van der Waals surface area contributed by atoms with Crippen LogP contribution in [0.15, 0.2) is 54.7 Å². The van der Waals surface area contributed by atoms with Crippen molar-refractivity contribution in [3.05, 3.63) is 54.7 Å². The molecule has 7 rings (SSSR count). The van der Waals surface area contributed by atoms with Crippen LogP contribution in [0, 0.1) is 17.8 Å². The smallest absolute Gasteiger partial charge is 0.259 e. The largest absolute Gasteiger partial charge is 0.497 e. The monoisotopic (exact) mass is 773 g/mol. The summed E-state index contributed by atoms with van der Waals surface area (Å²) in [6, 6.07) is 10.2. The van der Waals surface area contributed by atoms with E-state index >= 15 is 0 Å². The Hall–Kier alpha value is -4.72. The van der Waals surface area contributed by atoms with Gasteiger partial charge in [0.15, 0.2) is 0 Å². The summed E-state index contributed by atoms with van der Waals surface area (Å²) in [5.74, 6) is 0.234. The van der Waals surface area contributed by atoms with Gasteiger partial charge in [0.1, 0.15) is 29.2 Å². The lowest BCUT2D eigenvalue weighted by molar-refractivity contribution is -0.140. The van der Waals surface area contributed by atoms with Crippen LogP contribution in [0.5, 0.6) is 17.4 Å². The summed E-state index contributed by atoms with van der Waals surface area (Å²) < 4.78 is 45.9. The molecule has 0 spiro atoms. The number of nitrogens with zero attached hydrogens (tertiary/aromatic N) is 3. The first kappa shape index (κ1) is 38.6. The minimum atomic E-state index is -3.85. The predicted molar refractivity (Wildman–Crippen MR) is 207 cm³/mol. The molecule has 2 aromatic heterocycles. The molecule has 14 heteroatoms. The molecule has 3 aromatic rings. The first-order valence-electron chi connectivity index (χ1n) is 19.4. The molecule has 4 aliphatic rings. The van der Waals surface area contributed by atoms with Crippen molar-refractivity contribution in [2.75, 3.05) is 13.7 Å². The molecule has 6 atom stereocenters. The number of hydrogen-bond donors (Lipinski definition) is 2. The Balaban J connectivity index is 1.19. The molecule has 2 N–H and O–H groups in total. The van der Waals surface area contributed by atoms with Gasteiger partial charge in [0.25, 0.3) is 5.91 Å². The van der Waals surface area contributed by atoms with Gasteiger partial charge in [-0.25, -0.2) is 13.4 Å². The van der Waals surface area contributed by atoms with Gasteiger partial charge in [0, 0.05) is 24.1 Å². The van der Waals surface area contributed by atoms with Crippen molar-refractivity contribution in [1.29, 1.82) is 0 Å². The Bertz CT molecular complexity index is 2090. The van der Waals surface area contributed by atoms with Crippen LogP contribution in [0.4, 0.5) is 0 Å². The summed E-state index contributed by atoms with van der Waals surface area (Å²) in [7, 11) is -2.26. The lowest BCUT2D eigenvalue weighted by Gasteiger charge is -2.27. The van der Waals surface area contributed by atoms with Gasteiger partial charge >= 0.3 is 0 Å². The van der Waals surface area contributed by atoms with Crippen LogP contribution in [-0.2, 0) is 24.4 Å². The van der Waals surface area contributed by atoms with Crippen molar-refractivity contribution in [3.63, 3.8) is 0 Å². The maximum absolute atomic E-state index is 14.3. The molecule has 0 radical (unpaired) electrons. The predicted octanol–water partition coefficient (Wildman–Crippen LogP) is 5.33. The Morgan fingerprint density at radius 1 is 1.02 bits per heavy atom. The van der Waals surface area contributed by atoms with E-state index in [0.717, 1.165) is 24.6 Å². The standard InChI is InChI=1S/C41H51N5O8S/c1-24(2)53-30-11-15-34(42-22-30)35-19-27-18-29(52-5)10-14-33(27)39(43-35)54-31-20-36-38(48)44-41(40(49)45-55(50,51)32-12-13-32)21-28(41)9-7-6-8-25(3)16-26(4)17-37(47)46(36)23-31/h7,9-11,14-15,18-19,22,24-26,28,31-32,36H,6,8,12-13,16-17,20-21,23H2,1-5H3,(H,44,48)(H,45,49)/b9-7-/t25-,26-,28-,31-,36+,41-/m1/s1. The van der Waals surface area contributed by atoms with Gasteiger partial charge < -0.3 is 24.4 Å². The number of allylic oxidation sites excluding steroid dienone is 1. The van der Waals surface area contributed by atoms with Crippen LogP contribution in [0.25, 0.3) is 22.2 Å². The Morgan fingerprint density at radius 2 is 1.80 bits per heavy atom. The zero-order valence-corrected chi connectivity index (χ0v) is 32.9. The van der Waals surface area contributed by atoms with Crippen molar-refractivity contribution < 1.29 is 37.0 Å². The Labute approximate surface area is 322 Å². The fraction of sp³-hybridized carbons (Fsp3) is 0.537. The molecule has 13 nitrogen and oxygen atoms in total. The number of amides is 3. The molecular weight excluding hydrogens is 723 g/mol. The number of methoxy groups -OCH3 is 1. The molecule has 0 unspecified atom stereocenters. The summed E-state index contributed by atoms with van der Waals surface area (Å²) in [6.07, 6.45) is 9.15. The van der Waals surface area contributed by atoms with Gasteiger partial charge in [-0.3, -0.25) is 24.1 Å². The van der Waals surface area contributed by atoms with Crippen LogP contribution in [0.1, 0.15) is 79.1 Å². The minimum Gasteiger partial charge on any atom is -0.497 e. The van der Waals surface area contributed by atoms with E-state index in [1.54, 1.807) is 18.2 Å². The highest BCUT2D eigenvalue weighted by molar-refractivity contribution is 7.91. The normalized spacial score (nSPS) is 28.0. The second kappa shape index (κ2) is 15.4. The number of sulfonamides is 1. The molecule has 4 heterocycles. The molecule has 1 saturated heterocycles. The van der Waals surface area contributed by atoms with Gasteiger partial charge in [0.2, 0.25) is 27.7 Å². The van der Waals surface area contributed by atoms with Crippen LogP contribution in [0.3, 0.4) is 0 Å². The third-order valence-electron chi connectivity index (χ3n) is 11.0. The number of aromatic nitrogens is 2. The molecule has 2 aliphatic heterocycles. The van der Waals surface area contributed by atoms with Crippen molar-refractivity contribution in [3.8, 4) is 28.8 Å². The second-order valence-electron chi connectivity index (χ2n) is 16.1. The van der Waals surface area contributed by atoms with Gasteiger partial charge in [0.05, 0.1) is 42.6 Å². The Morgan fingerprint density at radius 3 is 2.51 bits per heavy atom. The lowest BCUT2D eigenvalue weighted by atomic mass is 9.91. The first-order chi connectivity index (χ1) is 26.2. The fourth-order valence-corrected chi connectivity index (χ4v) is 9.27. The molecule has 3 amide bonds. The zero-order valence-electron chi connectivity index (χ0n) is 32.1. The van der Waals surface area contributed by atoms with E-state index < -0.39 is 44.8 Å². The van der Waals surface area contributed by atoms with E-state index in [-0.39, 0.29) is 49.7 Å². The highest BCUT2D eigenvalue weighted by Gasteiger charge is 2.62. The van der Waals surface area contributed by atoms with E-state index in [1.165, 1.54) is 0 Å². The number of ether oxygens (including phenoxy) is 3. The van der Waals surface area contributed by atoms with Crippen molar-refractivity contribution in [2.45, 2.75) is 108 Å². The average Bonchev–Trinajstić information content (AvgIpc) is 4.06. The van der Waals surface area contributed by atoms with Crippen molar-refractivity contribution >= 4 is 38.5 Å². The van der Waals surface area contributed by atoms with E-state index in [1.807, 2.05) is 62.4 Å². The number of pyridine rings is 2. The summed E-state index contributed by atoms with van der Waals surface area (Å²) in [4.78, 5) is 53.2. The average molecular weight is 774 g/mol. The van der Waals surface area contributed by atoms with Crippen molar-refractivity contribution in [1.82, 2.24) is 24.9 Å². The first-order valence-corrected chi connectivity index (χ1v) is 20.9. The topological polar surface area (TPSA) is 166 Å². The van der Waals surface area contributed by atoms with Gasteiger partial charge in [-0.1, -0.05) is 26.0 Å². The molecule has 0 bridgehead atoms.